The predicted octanol–water partition coefficient (Wildman–Crippen LogP) is 1.16. The summed E-state index contributed by atoms with van der Waals surface area (Å²) in [5.41, 5.74) is 0.128. The van der Waals surface area contributed by atoms with E-state index >= 15 is 0 Å². The second-order valence-corrected chi connectivity index (χ2v) is 5.21. The highest BCUT2D eigenvalue weighted by atomic mass is 16.5. The smallest absolute Gasteiger partial charge is 0.222 e. The fourth-order valence-corrected chi connectivity index (χ4v) is 2.27. The zero-order chi connectivity index (χ0) is 12.7. The van der Waals surface area contributed by atoms with Crippen molar-refractivity contribution in [3.8, 4) is 0 Å². The fourth-order valence-electron chi connectivity index (χ4n) is 2.27. The molecule has 17 heavy (non-hydrogen) atoms. The number of rotatable bonds is 6. The van der Waals surface area contributed by atoms with Gasteiger partial charge in [0.25, 0.3) is 0 Å². The van der Waals surface area contributed by atoms with Gasteiger partial charge in [-0.2, -0.15) is 0 Å². The van der Waals surface area contributed by atoms with Crippen LogP contribution in [0.5, 0.6) is 0 Å². The fraction of sp³-hybridized carbons (Fsp3) is 0.923. The van der Waals surface area contributed by atoms with Gasteiger partial charge in [0.2, 0.25) is 5.91 Å². The van der Waals surface area contributed by atoms with E-state index in [1.807, 2.05) is 13.8 Å². The Labute approximate surface area is 104 Å². The van der Waals surface area contributed by atoms with Crippen molar-refractivity contribution >= 4 is 5.91 Å². The molecule has 0 spiro atoms. The molecule has 0 radical (unpaired) electrons. The van der Waals surface area contributed by atoms with Crippen LogP contribution < -0.4 is 10.6 Å². The summed E-state index contributed by atoms with van der Waals surface area (Å²) < 4.78 is 5.32. The summed E-state index contributed by atoms with van der Waals surface area (Å²) in [5.74, 6) is 0.276. The third kappa shape index (κ3) is 4.28. The molecule has 1 heterocycles. The maximum atomic E-state index is 11.8. The van der Waals surface area contributed by atoms with Crippen LogP contribution in [0.1, 0.15) is 33.1 Å². The molecule has 1 rings (SSSR count). The number of nitrogens with one attached hydrogen (secondary N) is 2. The van der Waals surface area contributed by atoms with Gasteiger partial charge >= 0.3 is 0 Å². The van der Waals surface area contributed by atoms with Crippen LogP contribution in [0.15, 0.2) is 0 Å². The van der Waals surface area contributed by atoms with E-state index < -0.39 is 0 Å². The standard InChI is InChI=1S/C13H26N2O2/c1-4-11(2)12(16)15-9-13(10-17-3)5-7-14-8-6-13/h11,14H,4-10H2,1-3H3,(H,15,16). The summed E-state index contributed by atoms with van der Waals surface area (Å²) in [6.45, 7) is 7.52. The van der Waals surface area contributed by atoms with Crippen LogP contribution in [-0.4, -0.2) is 39.3 Å². The minimum Gasteiger partial charge on any atom is -0.384 e. The zero-order valence-electron chi connectivity index (χ0n) is 11.3. The molecule has 1 unspecified atom stereocenters. The van der Waals surface area contributed by atoms with E-state index in [-0.39, 0.29) is 17.2 Å². The molecule has 2 N–H and O–H groups in total. The first-order chi connectivity index (χ1) is 8.13. The molecular weight excluding hydrogens is 216 g/mol. The molecule has 0 aromatic carbocycles. The van der Waals surface area contributed by atoms with Crippen LogP contribution >= 0.6 is 0 Å². The van der Waals surface area contributed by atoms with Gasteiger partial charge in [-0.15, -0.1) is 0 Å². The summed E-state index contributed by atoms with van der Waals surface area (Å²) in [5, 5.41) is 6.43. The Bertz CT molecular complexity index is 232. The van der Waals surface area contributed by atoms with E-state index in [2.05, 4.69) is 10.6 Å². The highest BCUT2D eigenvalue weighted by molar-refractivity contribution is 5.78. The lowest BCUT2D eigenvalue weighted by Gasteiger charge is -2.37. The molecule has 0 bridgehead atoms. The summed E-state index contributed by atoms with van der Waals surface area (Å²) in [7, 11) is 1.74. The third-order valence-corrected chi connectivity index (χ3v) is 3.81. The number of piperidine rings is 1. The summed E-state index contributed by atoms with van der Waals surface area (Å²) in [6, 6.07) is 0. The number of hydrogen-bond donors (Lipinski definition) is 2. The normalized spacial score (nSPS) is 20.9. The van der Waals surface area contributed by atoms with Crippen molar-refractivity contribution < 1.29 is 9.53 Å². The average Bonchev–Trinajstić information content (AvgIpc) is 2.36. The average molecular weight is 242 g/mol. The minimum absolute atomic E-state index is 0.108. The van der Waals surface area contributed by atoms with E-state index in [1.54, 1.807) is 7.11 Å². The molecule has 4 heteroatoms. The topological polar surface area (TPSA) is 50.4 Å². The van der Waals surface area contributed by atoms with E-state index in [9.17, 15) is 4.79 Å². The second-order valence-electron chi connectivity index (χ2n) is 5.21. The quantitative estimate of drug-likeness (QED) is 0.735. The van der Waals surface area contributed by atoms with E-state index in [1.165, 1.54) is 0 Å². The van der Waals surface area contributed by atoms with E-state index in [0.29, 0.717) is 0 Å². The molecule has 0 aromatic heterocycles. The first kappa shape index (κ1) is 14.5. The van der Waals surface area contributed by atoms with Crippen molar-refractivity contribution in [1.29, 1.82) is 0 Å². The number of ether oxygens (including phenoxy) is 1. The molecule has 1 saturated heterocycles. The van der Waals surface area contributed by atoms with Gasteiger partial charge in [-0.1, -0.05) is 13.8 Å². The highest BCUT2D eigenvalue weighted by Crippen LogP contribution is 2.28. The minimum atomic E-state index is 0.108. The molecule has 1 fully saturated rings. The van der Waals surface area contributed by atoms with E-state index in [4.69, 9.17) is 4.74 Å². The zero-order valence-corrected chi connectivity index (χ0v) is 11.3. The number of hydrogen-bond acceptors (Lipinski definition) is 3. The van der Waals surface area contributed by atoms with Crippen LogP contribution in [0.25, 0.3) is 0 Å². The van der Waals surface area contributed by atoms with Gasteiger partial charge in [0, 0.05) is 25.0 Å². The second kappa shape index (κ2) is 6.97. The molecule has 0 aromatic rings. The Morgan fingerprint density at radius 3 is 2.65 bits per heavy atom. The van der Waals surface area contributed by atoms with Crippen molar-refractivity contribution in [2.75, 3.05) is 33.4 Å². The summed E-state index contributed by atoms with van der Waals surface area (Å²) >= 11 is 0. The number of carbonyl (C=O) groups is 1. The van der Waals surface area contributed by atoms with E-state index in [0.717, 1.165) is 45.5 Å². The van der Waals surface area contributed by atoms with Gasteiger partial charge in [-0.3, -0.25) is 4.79 Å². The molecule has 4 nitrogen and oxygen atoms in total. The largest absolute Gasteiger partial charge is 0.384 e. The Morgan fingerprint density at radius 1 is 1.47 bits per heavy atom. The van der Waals surface area contributed by atoms with Gasteiger partial charge in [-0.05, 0) is 32.4 Å². The Morgan fingerprint density at radius 2 is 2.12 bits per heavy atom. The van der Waals surface area contributed by atoms with Gasteiger partial charge < -0.3 is 15.4 Å². The molecule has 1 aliphatic rings. The van der Waals surface area contributed by atoms with Gasteiger partial charge in [-0.25, -0.2) is 0 Å². The number of carbonyl (C=O) groups excluding carboxylic acids is 1. The van der Waals surface area contributed by atoms with Crippen molar-refractivity contribution in [1.82, 2.24) is 10.6 Å². The summed E-state index contributed by atoms with van der Waals surface area (Å²) in [6.07, 6.45) is 3.04. The first-order valence-electron chi connectivity index (χ1n) is 6.61. The maximum Gasteiger partial charge on any atom is 0.222 e. The number of methoxy groups -OCH3 is 1. The molecule has 0 saturated carbocycles. The third-order valence-electron chi connectivity index (χ3n) is 3.81. The van der Waals surface area contributed by atoms with Gasteiger partial charge in [0.1, 0.15) is 0 Å². The molecule has 100 valence electrons. The van der Waals surface area contributed by atoms with Crippen molar-refractivity contribution in [3.63, 3.8) is 0 Å². The molecular formula is C13H26N2O2. The molecule has 0 aliphatic carbocycles. The van der Waals surface area contributed by atoms with Crippen molar-refractivity contribution in [2.24, 2.45) is 11.3 Å². The van der Waals surface area contributed by atoms with Gasteiger partial charge in [0.05, 0.1) is 6.61 Å². The monoisotopic (exact) mass is 242 g/mol. The summed E-state index contributed by atoms with van der Waals surface area (Å²) in [4.78, 5) is 11.8. The van der Waals surface area contributed by atoms with Crippen LogP contribution in [0.3, 0.4) is 0 Å². The molecule has 1 amide bonds. The lowest BCUT2D eigenvalue weighted by atomic mass is 9.79. The van der Waals surface area contributed by atoms with Crippen LogP contribution in [0.2, 0.25) is 0 Å². The Balaban J connectivity index is 2.46. The van der Waals surface area contributed by atoms with Crippen LogP contribution in [0.4, 0.5) is 0 Å². The molecule has 1 atom stereocenters. The first-order valence-corrected chi connectivity index (χ1v) is 6.61. The van der Waals surface area contributed by atoms with Crippen molar-refractivity contribution in [3.05, 3.63) is 0 Å². The van der Waals surface area contributed by atoms with Gasteiger partial charge in [0.15, 0.2) is 0 Å². The maximum absolute atomic E-state index is 11.8. The number of amides is 1. The lowest BCUT2D eigenvalue weighted by molar-refractivity contribution is -0.125. The Kier molecular flexibility index (Phi) is 5.92. The highest BCUT2D eigenvalue weighted by Gasteiger charge is 2.32. The SMILES string of the molecule is CCC(C)C(=O)NCC1(COC)CCNCC1. The molecule has 1 aliphatic heterocycles. The van der Waals surface area contributed by atoms with Crippen LogP contribution in [-0.2, 0) is 9.53 Å². The lowest BCUT2D eigenvalue weighted by Crippen LogP contribution is -2.47. The Hall–Kier alpha value is -0.610. The van der Waals surface area contributed by atoms with Crippen LogP contribution in [0, 0.1) is 11.3 Å². The van der Waals surface area contributed by atoms with Crippen molar-refractivity contribution in [2.45, 2.75) is 33.1 Å². The predicted molar refractivity (Wildman–Crippen MR) is 68.9 cm³/mol.